The first-order valence-electron chi connectivity index (χ1n) is 16.5. The number of hydroxylamine groups is 4. The smallest absolute Gasteiger partial charge is 0.333 e. The predicted octanol–water partition coefficient (Wildman–Crippen LogP) is 3.94. The van der Waals surface area contributed by atoms with Crippen molar-refractivity contribution in [3.63, 3.8) is 0 Å². The van der Waals surface area contributed by atoms with Crippen molar-refractivity contribution in [1.82, 2.24) is 15.1 Å². The van der Waals surface area contributed by atoms with Crippen LogP contribution in [0, 0.1) is 0 Å². The fraction of sp³-hybridized carbons (Fsp3) is 0.412. The molecule has 0 saturated carbocycles. The molecule has 2 saturated heterocycles. The molecule has 0 spiro atoms. The van der Waals surface area contributed by atoms with E-state index < -0.39 is 50.6 Å². The maximum atomic E-state index is 12.2. The van der Waals surface area contributed by atoms with E-state index in [1.807, 2.05) is 0 Å². The molecule has 2 fully saturated rings. The molecule has 52 heavy (non-hydrogen) atoms. The van der Waals surface area contributed by atoms with Gasteiger partial charge in [0.15, 0.2) is 5.76 Å². The number of aliphatic imine (C=N–C) groups is 1. The third kappa shape index (κ3) is 11.3. The van der Waals surface area contributed by atoms with E-state index >= 15 is 0 Å². The molecule has 2 aliphatic rings. The number of amides is 4. The summed E-state index contributed by atoms with van der Waals surface area (Å²) in [6.07, 6.45) is 9.31. The first-order chi connectivity index (χ1) is 24.9. The summed E-state index contributed by atoms with van der Waals surface area (Å²) in [5.74, 6) is -3.21. The Balaban J connectivity index is 1.22. The molecule has 2 aliphatic heterocycles. The Morgan fingerprint density at radius 2 is 1.46 bits per heavy atom. The molecule has 2 aromatic rings. The number of carbonyl (C=O) groups is 6. The third-order valence-electron chi connectivity index (χ3n) is 7.69. The number of carbonyl (C=O) groups excluding carboxylic acids is 6. The lowest BCUT2D eigenvalue weighted by Crippen LogP contribution is -2.31. The first-order valence-corrected chi connectivity index (χ1v) is 18.0. The number of aromatic nitrogens is 1. The van der Waals surface area contributed by atoms with Crippen molar-refractivity contribution >= 4 is 57.5 Å². The van der Waals surface area contributed by atoms with Crippen molar-refractivity contribution in [3.05, 3.63) is 49.0 Å². The van der Waals surface area contributed by atoms with Gasteiger partial charge in [0.2, 0.25) is 5.89 Å². The summed E-state index contributed by atoms with van der Waals surface area (Å²) in [4.78, 5) is 87.6. The number of unbranched alkanes of at least 4 members (excludes halogenated alkanes) is 4. The number of rotatable bonds is 20. The fourth-order valence-electron chi connectivity index (χ4n) is 4.95. The number of imide groups is 2. The van der Waals surface area contributed by atoms with Crippen LogP contribution in [0.1, 0.15) is 82.9 Å². The number of benzene rings is 1. The second kappa shape index (κ2) is 18.7. The number of ether oxygens (including phenoxy) is 1. The fourth-order valence-corrected chi connectivity index (χ4v) is 5.60. The minimum absolute atomic E-state index is 0.00575. The number of oxazole rings is 1. The van der Waals surface area contributed by atoms with Crippen molar-refractivity contribution in [1.29, 1.82) is 0 Å². The van der Waals surface area contributed by atoms with E-state index in [2.05, 4.69) is 16.6 Å². The molecule has 0 atom stereocenters. The van der Waals surface area contributed by atoms with Crippen molar-refractivity contribution in [2.24, 2.45) is 4.99 Å². The van der Waals surface area contributed by atoms with Crippen LogP contribution in [-0.2, 0) is 48.6 Å². The molecular formula is C34H38N4O13S. The Kier molecular flexibility index (Phi) is 14.1. The summed E-state index contributed by atoms with van der Waals surface area (Å²) in [5.41, 5.74) is 0.789. The highest BCUT2D eigenvalue weighted by atomic mass is 32.2. The minimum atomic E-state index is -4.70. The Hall–Kier alpha value is -5.49. The summed E-state index contributed by atoms with van der Waals surface area (Å²) in [7, 11) is -4.70. The van der Waals surface area contributed by atoms with Gasteiger partial charge in [0.05, 0.1) is 12.8 Å². The standard InChI is InChI=1S/C34H38N4O13S/c1-2-23(17-19-35-18-7-3-5-9-32(43)50-37-28(39)13-14-29(37)40)34-36-22-26(49-34)24-11-12-25(27(21-24)52(45,46)47)48-20-8-4-6-10-33(44)51-38-30(41)15-16-31(38)42/h2,11-12,17,19,21-22H,1,3-10,13-16,18,20H2,(H,45,46,47)/b23-17+,35-19?. The normalized spacial score (nSPS) is 15.2. The van der Waals surface area contributed by atoms with E-state index in [9.17, 15) is 41.7 Å². The van der Waals surface area contributed by atoms with Crippen LogP contribution in [0.2, 0.25) is 0 Å². The van der Waals surface area contributed by atoms with Gasteiger partial charge in [0.25, 0.3) is 33.7 Å². The van der Waals surface area contributed by atoms with Gasteiger partial charge in [0, 0.05) is 62.4 Å². The molecule has 0 unspecified atom stereocenters. The van der Waals surface area contributed by atoms with Gasteiger partial charge < -0.3 is 18.8 Å². The molecule has 3 heterocycles. The van der Waals surface area contributed by atoms with Crippen LogP contribution in [0.5, 0.6) is 5.75 Å². The molecule has 18 heteroatoms. The SMILES string of the molecule is C=C/C(=C\C=NCCCCCC(=O)ON1C(=O)CCC1=O)c1ncc(-c2ccc(OCCCCCC(=O)ON3C(=O)CCC3=O)c(S(=O)(=O)O)c2)o1. The van der Waals surface area contributed by atoms with Crippen LogP contribution in [0.25, 0.3) is 16.9 Å². The summed E-state index contributed by atoms with van der Waals surface area (Å²) in [6.45, 7) is 4.30. The number of nitrogens with zero attached hydrogens (tertiary/aromatic N) is 4. The van der Waals surface area contributed by atoms with Crippen LogP contribution in [-0.4, -0.2) is 83.0 Å². The highest BCUT2D eigenvalue weighted by molar-refractivity contribution is 7.86. The molecule has 0 radical (unpaired) electrons. The van der Waals surface area contributed by atoms with Crippen LogP contribution < -0.4 is 4.74 Å². The van der Waals surface area contributed by atoms with Crippen LogP contribution in [0.3, 0.4) is 0 Å². The zero-order valence-corrected chi connectivity index (χ0v) is 29.0. The van der Waals surface area contributed by atoms with E-state index in [0.29, 0.717) is 66.3 Å². The minimum Gasteiger partial charge on any atom is -0.492 e. The van der Waals surface area contributed by atoms with E-state index in [1.165, 1.54) is 30.5 Å². The van der Waals surface area contributed by atoms with E-state index in [4.69, 9.17) is 18.8 Å². The van der Waals surface area contributed by atoms with Gasteiger partial charge in [-0.2, -0.15) is 8.42 Å². The molecule has 17 nitrogen and oxygen atoms in total. The molecular weight excluding hydrogens is 704 g/mol. The summed E-state index contributed by atoms with van der Waals surface area (Å²) >= 11 is 0. The molecule has 4 amide bonds. The van der Waals surface area contributed by atoms with Gasteiger partial charge in [-0.25, -0.2) is 14.6 Å². The van der Waals surface area contributed by atoms with Crippen molar-refractivity contribution in [2.45, 2.75) is 81.9 Å². The van der Waals surface area contributed by atoms with E-state index in [-0.39, 0.29) is 62.5 Å². The zero-order valence-electron chi connectivity index (χ0n) is 28.2. The number of hydrogen-bond acceptors (Lipinski definition) is 14. The molecule has 4 rings (SSSR count). The molecule has 0 bridgehead atoms. The Morgan fingerprint density at radius 1 is 0.885 bits per heavy atom. The van der Waals surface area contributed by atoms with Crippen molar-refractivity contribution < 1.29 is 60.6 Å². The summed E-state index contributed by atoms with van der Waals surface area (Å²) in [5, 5.41) is 1.02. The molecule has 1 N–H and O–H groups in total. The molecule has 278 valence electrons. The van der Waals surface area contributed by atoms with Crippen LogP contribution in [0.4, 0.5) is 0 Å². The van der Waals surface area contributed by atoms with E-state index in [0.717, 1.165) is 0 Å². The topological polar surface area (TPSA) is 229 Å². The molecule has 0 aliphatic carbocycles. The van der Waals surface area contributed by atoms with Gasteiger partial charge in [0.1, 0.15) is 10.6 Å². The van der Waals surface area contributed by atoms with Gasteiger partial charge in [-0.3, -0.25) is 28.7 Å². The van der Waals surface area contributed by atoms with Gasteiger partial charge in [-0.05, 0) is 56.4 Å². The van der Waals surface area contributed by atoms with Crippen LogP contribution in [0.15, 0.2) is 57.4 Å². The lowest BCUT2D eigenvalue weighted by atomic mass is 10.2. The quantitative estimate of drug-likeness (QED) is 0.0666. The largest absolute Gasteiger partial charge is 0.492 e. The molecule has 1 aromatic heterocycles. The highest BCUT2D eigenvalue weighted by Crippen LogP contribution is 2.32. The number of hydrogen-bond donors (Lipinski definition) is 1. The third-order valence-corrected chi connectivity index (χ3v) is 8.56. The van der Waals surface area contributed by atoms with Gasteiger partial charge >= 0.3 is 11.9 Å². The lowest BCUT2D eigenvalue weighted by molar-refractivity contribution is -0.197. The lowest BCUT2D eigenvalue weighted by Gasteiger charge is -2.12. The number of allylic oxidation sites excluding steroid dienone is 3. The summed E-state index contributed by atoms with van der Waals surface area (Å²) < 4.78 is 45.7. The van der Waals surface area contributed by atoms with Crippen molar-refractivity contribution in [2.75, 3.05) is 13.2 Å². The average Bonchev–Trinajstić information content (AvgIpc) is 3.81. The first kappa shape index (κ1) is 39.3. The average molecular weight is 743 g/mol. The predicted molar refractivity (Wildman–Crippen MR) is 180 cm³/mol. The zero-order chi connectivity index (χ0) is 37.7. The van der Waals surface area contributed by atoms with Crippen molar-refractivity contribution in [3.8, 4) is 17.1 Å². The monoisotopic (exact) mass is 742 g/mol. The second-order valence-electron chi connectivity index (χ2n) is 11.6. The maximum absolute atomic E-state index is 12.2. The maximum Gasteiger partial charge on any atom is 0.333 e. The summed E-state index contributed by atoms with van der Waals surface area (Å²) in [6, 6.07) is 4.10. The Bertz CT molecular complexity index is 1830. The van der Waals surface area contributed by atoms with Gasteiger partial charge in [-0.1, -0.05) is 19.1 Å². The molecule has 1 aromatic carbocycles. The van der Waals surface area contributed by atoms with E-state index in [1.54, 1.807) is 12.3 Å². The Labute approximate surface area is 298 Å². The van der Waals surface area contributed by atoms with Crippen LogP contribution >= 0.6 is 0 Å². The van der Waals surface area contributed by atoms with Gasteiger partial charge in [-0.15, -0.1) is 10.1 Å². The second-order valence-corrected chi connectivity index (χ2v) is 13.0. The Morgan fingerprint density at radius 3 is 2.02 bits per heavy atom. The highest BCUT2D eigenvalue weighted by Gasteiger charge is 2.33.